The fraction of sp³-hybridized carbons (Fsp3) is 0.136. The number of guanidine groups is 1. The van der Waals surface area contributed by atoms with Crippen molar-refractivity contribution >= 4 is 23.0 Å². The first kappa shape index (κ1) is 17.7. The standard InChI is InChI=1S/C22H24N4/c1-16-10-4-7-13-19(16)25(20-14-8-5-11-17(20)2)22(23)26(24)21-15-9-6-12-18(21)3/h4-15,23H,24H2,1-3H3. The molecule has 3 N–H and O–H groups in total. The summed E-state index contributed by atoms with van der Waals surface area (Å²) in [5.41, 5.74) is 5.88. The van der Waals surface area contributed by atoms with Gasteiger partial charge in [-0.05, 0) is 55.7 Å². The first-order chi connectivity index (χ1) is 12.5. The maximum absolute atomic E-state index is 8.88. The maximum atomic E-state index is 8.88. The molecular formula is C22H24N4. The highest BCUT2D eigenvalue weighted by atomic mass is 15.5. The highest BCUT2D eigenvalue weighted by molar-refractivity contribution is 6.10. The van der Waals surface area contributed by atoms with Gasteiger partial charge in [0, 0.05) is 0 Å². The first-order valence-corrected chi connectivity index (χ1v) is 8.61. The van der Waals surface area contributed by atoms with Gasteiger partial charge >= 0.3 is 0 Å². The van der Waals surface area contributed by atoms with Gasteiger partial charge in [-0.25, -0.2) is 10.9 Å². The predicted molar refractivity (Wildman–Crippen MR) is 110 cm³/mol. The summed E-state index contributed by atoms with van der Waals surface area (Å²) < 4.78 is 0. The highest BCUT2D eigenvalue weighted by Crippen LogP contribution is 2.32. The summed E-state index contributed by atoms with van der Waals surface area (Å²) in [6.45, 7) is 6.08. The van der Waals surface area contributed by atoms with Gasteiger partial charge in [0.15, 0.2) is 0 Å². The number of anilines is 3. The Labute approximate surface area is 155 Å². The zero-order valence-electron chi connectivity index (χ0n) is 15.4. The lowest BCUT2D eigenvalue weighted by Gasteiger charge is -2.33. The Hall–Kier alpha value is -3.11. The quantitative estimate of drug-likeness (QED) is 0.302. The molecular weight excluding hydrogens is 320 g/mol. The van der Waals surface area contributed by atoms with Gasteiger partial charge < -0.3 is 0 Å². The summed E-state index contributed by atoms with van der Waals surface area (Å²) in [5, 5.41) is 10.3. The molecule has 0 atom stereocenters. The van der Waals surface area contributed by atoms with E-state index in [0.717, 1.165) is 33.8 Å². The number of para-hydroxylation sites is 3. The van der Waals surface area contributed by atoms with E-state index in [-0.39, 0.29) is 5.96 Å². The minimum atomic E-state index is 0.197. The number of benzene rings is 3. The molecule has 3 aromatic rings. The van der Waals surface area contributed by atoms with Gasteiger partial charge in [-0.2, -0.15) is 0 Å². The van der Waals surface area contributed by atoms with Crippen molar-refractivity contribution in [1.82, 2.24) is 0 Å². The topological polar surface area (TPSA) is 56.4 Å². The van der Waals surface area contributed by atoms with Gasteiger partial charge in [0.05, 0.1) is 17.1 Å². The average Bonchev–Trinajstić information content (AvgIpc) is 2.64. The van der Waals surface area contributed by atoms with Crippen LogP contribution in [0.25, 0.3) is 0 Å². The van der Waals surface area contributed by atoms with Crippen molar-refractivity contribution in [3.05, 3.63) is 89.5 Å². The lowest BCUT2D eigenvalue weighted by atomic mass is 10.1. The highest BCUT2D eigenvalue weighted by Gasteiger charge is 2.23. The third kappa shape index (κ3) is 3.32. The van der Waals surface area contributed by atoms with E-state index in [9.17, 15) is 0 Å². The summed E-state index contributed by atoms with van der Waals surface area (Å²) in [6.07, 6.45) is 0. The summed E-state index contributed by atoms with van der Waals surface area (Å²) in [6, 6.07) is 23.9. The minimum absolute atomic E-state index is 0.197. The molecule has 0 saturated carbocycles. The van der Waals surface area contributed by atoms with Crippen molar-refractivity contribution in [2.75, 3.05) is 9.91 Å². The third-order valence-corrected chi connectivity index (χ3v) is 4.53. The van der Waals surface area contributed by atoms with Crippen LogP contribution >= 0.6 is 0 Å². The van der Waals surface area contributed by atoms with Crippen LogP contribution in [-0.2, 0) is 0 Å². The zero-order chi connectivity index (χ0) is 18.7. The molecule has 0 aromatic heterocycles. The SMILES string of the molecule is Cc1ccccc1N(N)C(=N)N(c1ccccc1C)c1ccccc1C. The third-order valence-electron chi connectivity index (χ3n) is 4.53. The van der Waals surface area contributed by atoms with Crippen LogP contribution in [0.4, 0.5) is 17.1 Å². The Morgan fingerprint density at radius 3 is 1.38 bits per heavy atom. The number of nitrogens with one attached hydrogen (secondary N) is 1. The Morgan fingerprint density at radius 2 is 1.00 bits per heavy atom. The van der Waals surface area contributed by atoms with Crippen molar-refractivity contribution in [1.29, 1.82) is 5.41 Å². The molecule has 0 aliphatic carbocycles. The molecule has 26 heavy (non-hydrogen) atoms. The van der Waals surface area contributed by atoms with Gasteiger partial charge in [-0.1, -0.05) is 54.6 Å². The van der Waals surface area contributed by atoms with E-state index in [1.807, 2.05) is 98.5 Å². The van der Waals surface area contributed by atoms with Crippen LogP contribution in [0.2, 0.25) is 0 Å². The summed E-state index contributed by atoms with van der Waals surface area (Å²) in [5.74, 6) is 6.58. The van der Waals surface area contributed by atoms with E-state index in [2.05, 4.69) is 0 Å². The van der Waals surface area contributed by atoms with Crippen LogP contribution in [0.3, 0.4) is 0 Å². The first-order valence-electron chi connectivity index (χ1n) is 8.61. The molecule has 4 heteroatoms. The van der Waals surface area contributed by atoms with Gasteiger partial charge in [0.1, 0.15) is 0 Å². The molecule has 0 heterocycles. The average molecular weight is 344 g/mol. The number of nitrogens with two attached hydrogens (primary N) is 1. The molecule has 3 rings (SSSR count). The van der Waals surface area contributed by atoms with Crippen molar-refractivity contribution in [3.63, 3.8) is 0 Å². The number of rotatable bonds is 3. The van der Waals surface area contributed by atoms with E-state index >= 15 is 0 Å². The molecule has 0 unspecified atom stereocenters. The van der Waals surface area contributed by atoms with Crippen LogP contribution < -0.4 is 15.8 Å². The van der Waals surface area contributed by atoms with E-state index < -0.39 is 0 Å². The molecule has 0 radical (unpaired) electrons. The number of hydrogen-bond acceptors (Lipinski definition) is 2. The minimum Gasteiger partial charge on any atom is -0.279 e. The second kappa shape index (κ2) is 7.42. The molecule has 0 saturated heterocycles. The van der Waals surface area contributed by atoms with Crippen LogP contribution in [0.5, 0.6) is 0 Å². The van der Waals surface area contributed by atoms with Gasteiger partial charge in [-0.15, -0.1) is 0 Å². The van der Waals surface area contributed by atoms with E-state index in [0.29, 0.717) is 0 Å². The van der Waals surface area contributed by atoms with Crippen LogP contribution in [-0.4, -0.2) is 5.96 Å². The molecule has 3 aromatic carbocycles. The van der Waals surface area contributed by atoms with E-state index in [4.69, 9.17) is 11.3 Å². The number of nitrogens with zero attached hydrogens (tertiary/aromatic N) is 2. The fourth-order valence-electron chi connectivity index (χ4n) is 3.04. The largest absolute Gasteiger partial charge is 0.279 e. The lowest BCUT2D eigenvalue weighted by molar-refractivity contribution is 1.05. The summed E-state index contributed by atoms with van der Waals surface area (Å²) in [7, 11) is 0. The second-order valence-electron chi connectivity index (χ2n) is 6.39. The monoisotopic (exact) mass is 344 g/mol. The Bertz CT molecular complexity index is 887. The van der Waals surface area contributed by atoms with Crippen molar-refractivity contribution in [3.8, 4) is 0 Å². The normalized spacial score (nSPS) is 10.5. The molecule has 132 valence electrons. The van der Waals surface area contributed by atoms with E-state index in [1.54, 1.807) is 0 Å². The Kier molecular flexibility index (Phi) is 5.05. The van der Waals surface area contributed by atoms with Crippen molar-refractivity contribution < 1.29 is 0 Å². The molecule has 0 spiro atoms. The number of hydrazine groups is 1. The second-order valence-corrected chi connectivity index (χ2v) is 6.39. The molecule has 0 fully saturated rings. The van der Waals surface area contributed by atoms with Crippen LogP contribution in [0.15, 0.2) is 72.8 Å². The predicted octanol–water partition coefficient (Wildman–Crippen LogP) is 5.07. The smallest absolute Gasteiger partial charge is 0.222 e. The van der Waals surface area contributed by atoms with Gasteiger partial charge in [0.2, 0.25) is 5.96 Å². The molecule has 0 amide bonds. The van der Waals surface area contributed by atoms with Gasteiger partial charge in [0.25, 0.3) is 0 Å². The molecule has 0 bridgehead atoms. The van der Waals surface area contributed by atoms with Crippen LogP contribution in [0, 0.1) is 26.2 Å². The molecule has 0 aliphatic heterocycles. The summed E-state index contributed by atoms with van der Waals surface area (Å²) >= 11 is 0. The number of hydrogen-bond donors (Lipinski definition) is 2. The van der Waals surface area contributed by atoms with Crippen molar-refractivity contribution in [2.24, 2.45) is 5.84 Å². The number of aryl methyl sites for hydroxylation is 3. The maximum Gasteiger partial charge on any atom is 0.222 e. The lowest BCUT2D eigenvalue weighted by Crippen LogP contribution is -2.47. The van der Waals surface area contributed by atoms with Crippen LogP contribution in [0.1, 0.15) is 16.7 Å². The molecule has 4 nitrogen and oxygen atoms in total. The fourth-order valence-corrected chi connectivity index (χ4v) is 3.04. The Balaban J connectivity index is 2.12. The molecule has 0 aliphatic rings. The zero-order valence-corrected chi connectivity index (χ0v) is 15.4. The van der Waals surface area contributed by atoms with Gasteiger partial charge in [-0.3, -0.25) is 10.3 Å². The van der Waals surface area contributed by atoms with E-state index in [1.165, 1.54) is 5.01 Å². The Morgan fingerprint density at radius 1 is 0.654 bits per heavy atom. The van der Waals surface area contributed by atoms with Crippen molar-refractivity contribution in [2.45, 2.75) is 20.8 Å². The summed E-state index contributed by atoms with van der Waals surface area (Å²) in [4.78, 5) is 1.90.